The second-order valence-corrected chi connectivity index (χ2v) is 16.1. The summed E-state index contributed by atoms with van der Waals surface area (Å²) in [4.78, 5) is 0. The summed E-state index contributed by atoms with van der Waals surface area (Å²) in [6.45, 7) is 14.6. The third kappa shape index (κ3) is 3.49. The highest BCUT2D eigenvalue weighted by Gasteiger charge is 2.52. The molecule has 1 atom stereocenters. The maximum Gasteiger partial charge on any atom is 0.359 e. The lowest BCUT2D eigenvalue weighted by atomic mass is 10.4. The predicted molar refractivity (Wildman–Crippen MR) is 70.6 cm³/mol. The zero-order chi connectivity index (χ0) is 12.6. The summed E-state index contributed by atoms with van der Waals surface area (Å²) in [5, 5.41) is 0. The first-order valence-corrected chi connectivity index (χ1v) is 13.9. The van der Waals surface area contributed by atoms with Gasteiger partial charge in [-0.2, -0.15) is 0 Å². The highest BCUT2D eigenvalue weighted by molar-refractivity contribution is 6.86. The van der Waals surface area contributed by atoms with E-state index in [1.165, 1.54) is 0 Å². The molecule has 7 heteroatoms. The van der Waals surface area contributed by atoms with Gasteiger partial charge in [0.05, 0.1) is 0 Å². The van der Waals surface area contributed by atoms with Gasteiger partial charge in [-0.05, 0) is 38.3 Å². The van der Waals surface area contributed by atoms with Crippen LogP contribution in [0.1, 0.15) is 20.3 Å². The van der Waals surface area contributed by atoms with Crippen LogP contribution in [0, 0.1) is 0 Å². The molecular formula is C9H24O4Si3. The number of hydrogen-bond donors (Lipinski definition) is 0. The Balaban J connectivity index is 2.97. The molecule has 1 unspecified atom stereocenters. The Morgan fingerprint density at radius 3 is 1.56 bits per heavy atom. The van der Waals surface area contributed by atoms with Gasteiger partial charge in [-0.1, -0.05) is 20.3 Å². The molecule has 0 bridgehead atoms. The van der Waals surface area contributed by atoms with Gasteiger partial charge in [-0.3, -0.25) is 9.15 Å². The number of hydrogen-bond acceptors (Lipinski definition) is 4. The molecule has 1 fully saturated rings. The van der Waals surface area contributed by atoms with E-state index < -0.39 is 25.7 Å². The second-order valence-electron chi connectivity index (χ2n) is 5.50. The van der Waals surface area contributed by atoms with Gasteiger partial charge in [0.1, 0.15) is 0 Å². The third-order valence-corrected chi connectivity index (χ3v) is 13.4. The van der Waals surface area contributed by atoms with Crippen molar-refractivity contribution in [3.8, 4) is 0 Å². The van der Waals surface area contributed by atoms with Crippen molar-refractivity contribution < 1.29 is 17.4 Å². The van der Waals surface area contributed by atoms with E-state index in [0.717, 1.165) is 6.42 Å². The Morgan fingerprint density at radius 2 is 1.25 bits per heavy atom. The highest BCUT2D eigenvalue weighted by Crippen LogP contribution is 2.35. The first-order valence-electron chi connectivity index (χ1n) is 5.87. The molecule has 0 radical (unpaired) electrons. The van der Waals surface area contributed by atoms with Gasteiger partial charge in [-0.15, -0.1) is 0 Å². The van der Waals surface area contributed by atoms with E-state index in [1.54, 1.807) is 0 Å². The molecule has 1 rings (SSSR count). The molecular weight excluding hydrogens is 256 g/mol. The molecule has 1 aliphatic rings. The Morgan fingerprint density at radius 1 is 0.875 bits per heavy atom. The van der Waals surface area contributed by atoms with Crippen LogP contribution in [0.15, 0.2) is 0 Å². The molecule has 0 aliphatic carbocycles. The maximum atomic E-state index is 6.22. The summed E-state index contributed by atoms with van der Waals surface area (Å²) in [7, 11) is -6.58. The van der Waals surface area contributed by atoms with E-state index in [4.69, 9.17) is 17.4 Å². The predicted octanol–water partition coefficient (Wildman–Crippen LogP) is 3.26. The highest BCUT2D eigenvalue weighted by atomic mass is 28.5. The molecule has 1 saturated heterocycles. The Hall–Kier alpha value is 0.491. The standard InChI is InChI=1S/C9H24O4Si3/c1-8-9(2)16(7)12-14(3,4)10-11-15(5,6)13-16/h9H,8H2,1-7H3. The van der Waals surface area contributed by atoms with E-state index in [9.17, 15) is 0 Å². The van der Waals surface area contributed by atoms with Crippen LogP contribution >= 0.6 is 0 Å². The SMILES string of the molecule is CCC(C)[Si]1(C)O[Si](C)(C)OO[Si](C)(C)O1. The van der Waals surface area contributed by atoms with Crippen LogP contribution in [0.4, 0.5) is 0 Å². The third-order valence-electron chi connectivity index (χ3n) is 2.85. The van der Waals surface area contributed by atoms with E-state index >= 15 is 0 Å². The Labute approximate surface area is 102 Å². The Bertz CT molecular complexity index is 239. The minimum atomic E-state index is -2.19. The van der Waals surface area contributed by atoms with Crippen molar-refractivity contribution in [2.45, 2.75) is 58.5 Å². The monoisotopic (exact) mass is 280 g/mol. The van der Waals surface area contributed by atoms with E-state index in [2.05, 4.69) is 20.4 Å². The molecule has 0 N–H and O–H groups in total. The molecule has 0 amide bonds. The minimum Gasteiger partial charge on any atom is -0.414 e. The van der Waals surface area contributed by atoms with Crippen molar-refractivity contribution in [1.29, 1.82) is 0 Å². The summed E-state index contributed by atoms with van der Waals surface area (Å²) in [6, 6.07) is 0. The zero-order valence-electron chi connectivity index (χ0n) is 11.4. The summed E-state index contributed by atoms with van der Waals surface area (Å²) < 4.78 is 23.4. The van der Waals surface area contributed by atoms with Crippen LogP contribution in [-0.2, 0) is 17.4 Å². The first kappa shape index (κ1) is 14.6. The molecule has 0 spiro atoms. The van der Waals surface area contributed by atoms with E-state index in [1.807, 2.05) is 26.2 Å². The van der Waals surface area contributed by atoms with Gasteiger partial charge in [-0.25, -0.2) is 0 Å². The van der Waals surface area contributed by atoms with Gasteiger partial charge in [0.2, 0.25) is 0 Å². The Kier molecular flexibility index (Phi) is 4.22. The average molecular weight is 281 g/mol. The van der Waals surface area contributed by atoms with Crippen molar-refractivity contribution in [2.24, 2.45) is 0 Å². The topological polar surface area (TPSA) is 36.9 Å². The smallest absolute Gasteiger partial charge is 0.359 e. The average Bonchev–Trinajstić information content (AvgIpc) is 2.19. The van der Waals surface area contributed by atoms with Crippen molar-refractivity contribution in [3.05, 3.63) is 0 Å². The van der Waals surface area contributed by atoms with Crippen molar-refractivity contribution in [2.75, 3.05) is 0 Å². The lowest BCUT2D eigenvalue weighted by Gasteiger charge is -2.36. The summed E-state index contributed by atoms with van der Waals surface area (Å²) in [5.41, 5.74) is 0.455. The molecule has 0 aromatic rings. The number of rotatable bonds is 2. The fraction of sp³-hybridized carbons (Fsp3) is 1.00. The minimum absolute atomic E-state index is 0.455. The van der Waals surface area contributed by atoms with Crippen LogP contribution in [-0.4, -0.2) is 25.7 Å². The van der Waals surface area contributed by atoms with Gasteiger partial charge in [0.25, 0.3) is 0 Å². The fourth-order valence-corrected chi connectivity index (χ4v) is 14.4. The summed E-state index contributed by atoms with van der Waals surface area (Å²) >= 11 is 0. The van der Waals surface area contributed by atoms with Crippen LogP contribution in [0.3, 0.4) is 0 Å². The van der Waals surface area contributed by atoms with Crippen LogP contribution in [0.25, 0.3) is 0 Å². The van der Waals surface area contributed by atoms with E-state index in [0.29, 0.717) is 5.54 Å². The summed E-state index contributed by atoms with van der Waals surface area (Å²) in [6.07, 6.45) is 1.07. The second kappa shape index (κ2) is 4.64. The summed E-state index contributed by atoms with van der Waals surface area (Å²) in [5.74, 6) is 0. The fourth-order valence-electron chi connectivity index (χ4n) is 1.80. The lowest BCUT2D eigenvalue weighted by molar-refractivity contribution is -0.143. The van der Waals surface area contributed by atoms with Crippen molar-refractivity contribution in [1.82, 2.24) is 0 Å². The maximum absolute atomic E-state index is 6.22. The molecule has 96 valence electrons. The van der Waals surface area contributed by atoms with Crippen molar-refractivity contribution >= 4 is 25.7 Å². The normalized spacial score (nSPS) is 29.4. The van der Waals surface area contributed by atoms with Gasteiger partial charge in [0, 0.05) is 0 Å². The molecule has 0 aromatic heterocycles. The van der Waals surface area contributed by atoms with Gasteiger partial charge in [0.15, 0.2) is 0 Å². The van der Waals surface area contributed by atoms with Crippen LogP contribution in [0.5, 0.6) is 0 Å². The zero-order valence-corrected chi connectivity index (χ0v) is 14.4. The quantitative estimate of drug-likeness (QED) is 0.575. The molecule has 0 aromatic carbocycles. The van der Waals surface area contributed by atoms with Crippen molar-refractivity contribution in [3.63, 3.8) is 0 Å². The first-order chi connectivity index (χ1) is 7.10. The lowest BCUT2D eigenvalue weighted by Crippen LogP contribution is -2.53. The molecule has 4 nitrogen and oxygen atoms in total. The molecule has 0 saturated carbocycles. The van der Waals surface area contributed by atoms with Crippen LogP contribution in [0.2, 0.25) is 38.3 Å². The molecule has 1 aliphatic heterocycles. The van der Waals surface area contributed by atoms with Crippen LogP contribution < -0.4 is 0 Å². The largest absolute Gasteiger partial charge is 0.414 e. The van der Waals surface area contributed by atoms with Gasteiger partial charge >= 0.3 is 25.7 Å². The van der Waals surface area contributed by atoms with Gasteiger partial charge < -0.3 is 8.23 Å². The van der Waals surface area contributed by atoms with E-state index in [-0.39, 0.29) is 0 Å². The molecule has 16 heavy (non-hydrogen) atoms. The molecule has 1 heterocycles.